The van der Waals surface area contributed by atoms with E-state index in [1.165, 1.54) is 0 Å². The van der Waals surface area contributed by atoms with Gasteiger partial charge in [0.2, 0.25) is 0 Å². The maximum absolute atomic E-state index is 5.80. The van der Waals surface area contributed by atoms with E-state index in [9.17, 15) is 0 Å². The zero-order valence-corrected chi connectivity index (χ0v) is 19.6. The van der Waals surface area contributed by atoms with E-state index in [0.29, 0.717) is 0 Å². The van der Waals surface area contributed by atoms with Gasteiger partial charge < -0.3 is 26.6 Å². The van der Waals surface area contributed by atoms with E-state index in [-0.39, 0.29) is 11.3 Å². The third-order valence-electron chi connectivity index (χ3n) is 4.87. The highest BCUT2D eigenvalue weighted by atomic mass is 28.4. The van der Waals surface area contributed by atoms with Crippen LogP contribution in [0, 0.1) is 0 Å². The summed E-state index contributed by atoms with van der Waals surface area (Å²) in [6.07, 6.45) is 3.82. The first-order valence-corrected chi connectivity index (χ1v) is 12.6. The molecule has 0 aromatic rings. The van der Waals surface area contributed by atoms with E-state index in [2.05, 4.69) is 25.7 Å². The van der Waals surface area contributed by atoms with Crippen LogP contribution in [-0.2, 0) is 26.6 Å². The molecule has 0 aromatic heterocycles. The van der Waals surface area contributed by atoms with Gasteiger partial charge >= 0.3 is 17.6 Å². The Bertz CT molecular complexity index is 298. The van der Waals surface area contributed by atoms with Gasteiger partial charge in [-0.3, -0.25) is 4.90 Å². The first-order valence-electron chi connectivity index (χ1n) is 9.02. The molecule has 152 valence electrons. The van der Waals surface area contributed by atoms with E-state index in [1.54, 1.807) is 42.7 Å². The summed E-state index contributed by atoms with van der Waals surface area (Å²) >= 11 is 0. The molecule has 0 aromatic carbocycles. The maximum Gasteiger partial charge on any atom is 0.518 e. The second kappa shape index (κ2) is 12.5. The molecule has 0 radical (unpaired) electrons. The first kappa shape index (κ1) is 25.2. The largest absolute Gasteiger partial charge is 0.518 e. The Morgan fingerprint density at radius 3 is 1.16 bits per heavy atom. The van der Waals surface area contributed by atoms with Gasteiger partial charge in [-0.05, 0) is 25.8 Å². The topological polar surface area (TPSA) is 58.6 Å². The summed E-state index contributed by atoms with van der Waals surface area (Å²) in [4.78, 5) is 2.38. The molecule has 0 rings (SSSR count). The van der Waals surface area contributed by atoms with Crippen LogP contribution in [0.4, 0.5) is 0 Å². The first-order chi connectivity index (χ1) is 12.0. The molecule has 0 bridgehead atoms. The average Bonchev–Trinajstić information content (AvgIpc) is 2.67. The molecule has 0 aliphatic rings. The molecule has 25 heavy (non-hydrogen) atoms. The Balaban J connectivity index is 6.06. The average molecular weight is 398 g/mol. The number of hydrogen-bond acceptors (Lipinski definition) is 7. The molecule has 0 spiro atoms. The predicted octanol–water partition coefficient (Wildman–Crippen LogP) is 2.48. The summed E-state index contributed by atoms with van der Waals surface area (Å²) < 4.78 is 34.8. The number of unbranched alkanes of at least 4 members (excludes halogenated alkanes) is 1. The minimum absolute atomic E-state index is 0.00340. The molecule has 0 heterocycles. The molecule has 7 nitrogen and oxygen atoms in total. The van der Waals surface area contributed by atoms with E-state index in [1.807, 2.05) is 0 Å². The fourth-order valence-corrected chi connectivity index (χ4v) is 8.77. The smallest absolute Gasteiger partial charge is 0.376 e. The van der Waals surface area contributed by atoms with E-state index in [4.69, 9.17) is 26.6 Å². The van der Waals surface area contributed by atoms with Crippen molar-refractivity contribution < 1.29 is 26.6 Å². The summed E-state index contributed by atoms with van der Waals surface area (Å²) in [5.74, 6) is 0. The maximum atomic E-state index is 5.80. The van der Waals surface area contributed by atoms with Gasteiger partial charge in [0, 0.05) is 42.7 Å². The van der Waals surface area contributed by atoms with Crippen molar-refractivity contribution in [3.63, 3.8) is 0 Å². The Hall–Kier alpha value is 0.154. The van der Waals surface area contributed by atoms with Gasteiger partial charge in [0.25, 0.3) is 0 Å². The van der Waals surface area contributed by atoms with Crippen molar-refractivity contribution in [1.29, 1.82) is 0 Å². The molecular weight excluding hydrogens is 358 g/mol. The van der Waals surface area contributed by atoms with E-state index in [0.717, 1.165) is 32.2 Å². The lowest BCUT2D eigenvalue weighted by Gasteiger charge is -2.46. The van der Waals surface area contributed by atoms with Crippen molar-refractivity contribution in [3.05, 3.63) is 0 Å². The van der Waals surface area contributed by atoms with Crippen LogP contribution >= 0.6 is 0 Å². The van der Waals surface area contributed by atoms with Gasteiger partial charge in [0.1, 0.15) is 0 Å². The zero-order chi connectivity index (χ0) is 19.5. The lowest BCUT2D eigenvalue weighted by molar-refractivity contribution is 0.0332. The van der Waals surface area contributed by atoms with Gasteiger partial charge in [-0.15, -0.1) is 0 Å². The molecule has 0 fully saturated rings. The Morgan fingerprint density at radius 2 is 0.960 bits per heavy atom. The summed E-state index contributed by atoms with van der Waals surface area (Å²) in [7, 11) is 4.22. The van der Waals surface area contributed by atoms with E-state index >= 15 is 0 Å². The minimum atomic E-state index is -2.87. The minimum Gasteiger partial charge on any atom is -0.376 e. The molecule has 0 aliphatic heterocycles. The van der Waals surface area contributed by atoms with Crippen LogP contribution in [0.5, 0.6) is 0 Å². The lowest BCUT2D eigenvalue weighted by Crippen LogP contribution is -2.69. The molecule has 2 unspecified atom stereocenters. The molecule has 0 saturated carbocycles. The second-order valence-electron chi connectivity index (χ2n) is 5.87. The van der Waals surface area contributed by atoms with Crippen molar-refractivity contribution in [2.45, 2.75) is 57.8 Å². The number of hydrogen-bond donors (Lipinski definition) is 0. The number of rotatable bonds is 15. The summed E-state index contributed by atoms with van der Waals surface area (Å²) in [5, 5.41) is 0. The summed E-state index contributed by atoms with van der Waals surface area (Å²) in [6.45, 7) is 7.32. The Morgan fingerprint density at radius 1 is 0.640 bits per heavy atom. The van der Waals surface area contributed by atoms with Crippen LogP contribution in [0.15, 0.2) is 0 Å². The van der Waals surface area contributed by atoms with Gasteiger partial charge in [0.05, 0.1) is 11.3 Å². The highest BCUT2D eigenvalue weighted by Gasteiger charge is 2.57. The fraction of sp³-hybridized carbons (Fsp3) is 1.00. The highest BCUT2D eigenvalue weighted by molar-refractivity contribution is 6.64. The number of nitrogens with zero attached hydrogens (tertiary/aromatic N) is 1. The van der Waals surface area contributed by atoms with Crippen molar-refractivity contribution in [2.75, 3.05) is 49.2 Å². The van der Waals surface area contributed by atoms with E-state index < -0.39 is 17.6 Å². The van der Waals surface area contributed by atoms with Crippen molar-refractivity contribution in [3.8, 4) is 0 Å². The third-order valence-corrected chi connectivity index (χ3v) is 11.4. The van der Waals surface area contributed by atoms with Crippen molar-refractivity contribution >= 4 is 17.6 Å². The fourth-order valence-electron chi connectivity index (χ4n) is 3.56. The SMILES string of the molecule is CCCCN(C(CC)[Si](OC)(OC)OC)C(CC)[Si](OC)(OC)OC. The molecule has 0 amide bonds. The molecule has 0 N–H and O–H groups in total. The monoisotopic (exact) mass is 397 g/mol. The molecule has 2 atom stereocenters. The van der Waals surface area contributed by atoms with Crippen LogP contribution in [-0.4, -0.2) is 83.0 Å². The quantitative estimate of drug-likeness (QED) is 0.393. The Labute approximate surface area is 156 Å². The van der Waals surface area contributed by atoms with Crippen LogP contribution in [0.3, 0.4) is 0 Å². The van der Waals surface area contributed by atoms with Crippen molar-refractivity contribution in [1.82, 2.24) is 4.90 Å². The lowest BCUT2D eigenvalue weighted by atomic mass is 10.2. The van der Waals surface area contributed by atoms with Gasteiger partial charge in [0.15, 0.2) is 0 Å². The normalized spacial score (nSPS) is 15.6. The standard InChI is InChI=1S/C16H39NO6Si2/c1-10-13-14-17(15(11-2)24(18-4,19-5)20-6)16(12-3)25(21-7,22-8)23-9/h15-16H,10-14H2,1-9H3. The Kier molecular flexibility index (Phi) is 12.6. The highest BCUT2D eigenvalue weighted by Crippen LogP contribution is 2.29. The van der Waals surface area contributed by atoms with Crippen LogP contribution < -0.4 is 0 Å². The molecule has 0 aliphatic carbocycles. The van der Waals surface area contributed by atoms with Crippen molar-refractivity contribution in [2.24, 2.45) is 0 Å². The molecule has 9 heteroatoms. The van der Waals surface area contributed by atoms with Crippen LogP contribution in [0.1, 0.15) is 46.5 Å². The molecular formula is C16H39NO6Si2. The molecule has 0 saturated heterocycles. The van der Waals surface area contributed by atoms with Gasteiger partial charge in [-0.1, -0.05) is 27.2 Å². The second-order valence-corrected chi connectivity index (χ2v) is 12.1. The zero-order valence-electron chi connectivity index (χ0n) is 17.6. The van der Waals surface area contributed by atoms with Crippen LogP contribution in [0.25, 0.3) is 0 Å². The van der Waals surface area contributed by atoms with Gasteiger partial charge in [-0.2, -0.15) is 0 Å². The summed E-state index contributed by atoms with van der Waals surface area (Å²) in [5.41, 5.74) is -0.00681. The van der Waals surface area contributed by atoms with Crippen LogP contribution in [0.2, 0.25) is 0 Å². The van der Waals surface area contributed by atoms with Gasteiger partial charge in [-0.25, -0.2) is 0 Å². The predicted molar refractivity (Wildman–Crippen MR) is 103 cm³/mol. The third kappa shape index (κ3) is 5.57. The summed E-state index contributed by atoms with van der Waals surface area (Å²) in [6, 6.07) is 0.